The highest BCUT2D eigenvalue weighted by atomic mass is 16.6. The summed E-state index contributed by atoms with van der Waals surface area (Å²) in [6, 6.07) is 1.23. The second kappa shape index (κ2) is 4.43. The molecule has 2 aromatic rings. The first kappa shape index (κ1) is 10.8. The third kappa shape index (κ3) is 2.65. The maximum Gasteiger partial charge on any atom is 0.389 e. The number of rotatable bonds is 4. The number of hydrogen-bond donors (Lipinski definition) is 2. The molecule has 88 valence electrons. The van der Waals surface area contributed by atoms with Gasteiger partial charge >= 0.3 is 5.82 Å². The molecule has 0 aromatic carbocycles. The molecule has 2 aromatic heterocycles. The van der Waals surface area contributed by atoms with E-state index in [0.717, 1.165) is 0 Å². The van der Waals surface area contributed by atoms with Crippen molar-refractivity contribution in [2.24, 2.45) is 0 Å². The van der Waals surface area contributed by atoms with E-state index in [1.807, 2.05) is 0 Å². The van der Waals surface area contributed by atoms with Crippen molar-refractivity contribution in [3.8, 4) is 0 Å². The van der Waals surface area contributed by atoms with E-state index in [9.17, 15) is 14.9 Å². The molecule has 2 heterocycles. The van der Waals surface area contributed by atoms with Crippen LogP contribution in [0.1, 0.15) is 0 Å². The molecule has 0 radical (unpaired) electrons. The minimum Gasteiger partial charge on any atom is -0.358 e. The molecule has 0 saturated heterocycles. The molecule has 2 N–H and O–H groups in total. The van der Waals surface area contributed by atoms with Crippen LogP contribution in [-0.2, 0) is 11.3 Å². The molecule has 0 spiro atoms. The molecule has 0 aliphatic carbocycles. The summed E-state index contributed by atoms with van der Waals surface area (Å²) in [7, 11) is 0. The van der Waals surface area contributed by atoms with Crippen LogP contribution < -0.4 is 5.32 Å². The first-order valence-electron chi connectivity index (χ1n) is 4.61. The minimum absolute atomic E-state index is 0.0982. The molecule has 2 rings (SSSR count). The summed E-state index contributed by atoms with van der Waals surface area (Å²) in [4.78, 5) is 21.2. The number of amides is 1. The maximum atomic E-state index is 11.5. The zero-order chi connectivity index (χ0) is 12.3. The predicted molar refractivity (Wildman–Crippen MR) is 56.1 cm³/mol. The fourth-order valence-electron chi connectivity index (χ4n) is 1.20. The zero-order valence-electron chi connectivity index (χ0n) is 8.53. The van der Waals surface area contributed by atoms with Gasteiger partial charge in [-0.05, 0) is 4.92 Å². The third-order valence-corrected chi connectivity index (χ3v) is 1.90. The molecule has 0 atom stereocenters. The van der Waals surface area contributed by atoms with Crippen molar-refractivity contribution in [1.82, 2.24) is 20.0 Å². The van der Waals surface area contributed by atoms with Gasteiger partial charge in [0.1, 0.15) is 6.54 Å². The molecule has 9 nitrogen and oxygen atoms in total. The van der Waals surface area contributed by atoms with Crippen molar-refractivity contribution < 1.29 is 9.72 Å². The van der Waals surface area contributed by atoms with Gasteiger partial charge in [-0.2, -0.15) is 9.78 Å². The number of carbonyl (C=O) groups excluding carboxylic acids is 1. The lowest BCUT2D eigenvalue weighted by Crippen LogP contribution is -2.18. The van der Waals surface area contributed by atoms with Crippen molar-refractivity contribution >= 4 is 17.4 Å². The Bertz CT molecular complexity index is 531. The summed E-state index contributed by atoms with van der Waals surface area (Å²) in [6.07, 6.45) is 4.33. The Labute approximate surface area is 94.6 Å². The second-order valence-electron chi connectivity index (χ2n) is 3.16. The van der Waals surface area contributed by atoms with Gasteiger partial charge < -0.3 is 15.4 Å². The molecule has 17 heavy (non-hydrogen) atoms. The van der Waals surface area contributed by atoms with Gasteiger partial charge in [-0.15, -0.1) is 0 Å². The third-order valence-electron chi connectivity index (χ3n) is 1.90. The molecule has 0 bridgehead atoms. The Balaban J connectivity index is 1.96. The van der Waals surface area contributed by atoms with E-state index in [4.69, 9.17) is 0 Å². The van der Waals surface area contributed by atoms with Gasteiger partial charge in [0.25, 0.3) is 0 Å². The first-order valence-corrected chi connectivity index (χ1v) is 4.61. The van der Waals surface area contributed by atoms with E-state index in [1.165, 1.54) is 29.3 Å². The second-order valence-corrected chi connectivity index (χ2v) is 3.16. The standard InChI is InChI=1S/C8H8N6O3/c15-8(11-6-3-9-10-4-6)5-13-2-1-7(12-13)14(16)17/h1-4H,5H2,(H,9,10)(H,11,15). The molecule has 0 saturated carbocycles. The number of aromatic nitrogens is 4. The molecular formula is C8H8N6O3. The average Bonchev–Trinajstić information content (AvgIpc) is 2.88. The fourth-order valence-corrected chi connectivity index (χ4v) is 1.20. The highest BCUT2D eigenvalue weighted by molar-refractivity contribution is 5.90. The van der Waals surface area contributed by atoms with Crippen LogP contribution in [-0.4, -0.2) is 30.8 Å². The van der Waals surface area contributed by atoms with Crippen LogP contribution in [0.3, 0.4) is 0 Å². The number of anilines is 1. The Morgan fingerprint density at radius 2 is 2.47 bits per heavy atom. The number of hydrogen-bond acceptors (Lipinski definition) is 5. The quantitative estimate of drug-likeness (QED) is 0.578. The van der Waals surface area contributed by atoms with E-state index >= 15 is 0 Å². The smallest absolute Gasteiger partial charge is 0.358 e. The van der Waals surface area contributed by atoms with Crippen molar-refractivity contribution in [3.63, 3.8) is 0 Å². The van der Waals surface area contributed by atoms with Crippen molar-refractivity contribution in [3.05, 3.63) is 34.8 Å². The summed E-state index contributed by atoms with van der Waals surface area (Å²) in [5.41, 5.74) is 0.525. The highest BCUT2D eigenvalue weighted by Gasteiger charge is 2.13. The van der Waals surface area contributed by atoms with E-state index in [1.54, 1.807) is 0 Å². The first-order chi connectivity index (χ1) is 8.15. The van der Waals surface area contributed by atoms with E-state index in [2.05, 4.69) is 20.6 Å². The van der Waals surface area contributed by atoms with Gasteiger partial charge in [0, 0.05) is 6.20 Å². The average molecular weight is 236 g/mol. The molecular weight excluding hydrogens is 228 g/mol. The normalized spacial score (nSPS) is 10.1. The zero-order valence-corrected chi connectivity index (χ0v) is 8.53. The van der Waals surface area contributed by atoms with Crippen LogP contribution in [0.2, 0.25) is 0 Å². The number of aromatic amines is 1. The largest absolute Gasteiger partial charge is 0.389 e. The monoisotopic (exact) mass is 236 g/mol. The van der Waals surface area contributed by atoms with Crippen LogP contribution in [0.25, 0.3) is 0 Å². The van der Waals surface area contributed by atoms with Crippen LogP contribution in [0.4, 0.5) is 11.5 Å². The van der Waals surface area contributed by atoms with Gasteiger partial charge in [-0.1, -0.05) is 0 Å². The van der Waals surface area contributed by atoms with Gasteiger partial charge in [-0.25, -0.2) is 0 Å². The van der Waals surface area contributed by atoms with Crippen LogP contribution in [0, 0.1) is 10.1 Å². The number of nitrogens with zero attached hydrogens (tertiary/aromatic N) is 4. The number of nitrogens with one attached hydrogen (secondary N) is 2. The van der Waals surface area contributed by atoms with Crippen molar-refractivity contribution in [1.29, 1.82) is 0 Å². The summed E-state index contributed by atoms with van der Waals surface area (Å²) in [6.45, 7) is -0.0982. The number of H-pyrrole nitrogens is 1. The van der Waals surface area contributed by atoms with Gasteiger partial charge in [-0.3, -0.25) is 9.89 Å². The molecule has 0 aliphatic rings. The molecule has 9 heteroatoms. The van der Waals surface area contributed by atoms with E-state index in [-0.39, 0.29) is 18.3 Å². The van der Waals surface area contributed by atoms with Crippen molar-refractivity contribution in [2.45, 2.75) is 6.54 Å². The maximum absolute atomic E-state index is 11.5. The Kier molecular flexibility index (Phi) is 2.81. The Morgan fingerprint density at radius 3 is 3.06 bits per heavy atom. The van der Waals surface area contributed by atoms with Gasteiger partial charge in [0.05, 0.1) is 29.2 Å². The van der Waals surface area contributed by atoms with Gasteiger partial charge in [0.2, 0.25) is 5.91 Å². The van der Waals surface area contributed by atoms with Crippen molar-refractivity contribution in [2.75, 3.05) is 5.32 Å². The van der Waals surface area contributed by atoms with Gasteiger partial charge in [0.15, 0.2) is 0 Å². The molecule has 0 unspecified atom stereocenters. The Hall–Kier alpha value is -2.71. The predicted octanol–water partition coefficient (Wildman–Crippen LogP) is 0.153. The minimum atomic E-state index is -0.621. The van der Waals surface area contributed by atoms with E-state index in [0.29, 0.717) is 5.69 Å². The highest BCUT2D eigenvalue weighted by Crippen LogP contribution is 2.06. The lowest BCUT2D eigenvalue weighted by Gasteiger charge is -1.99. The fraction of sp³-hybridized carbons (Fsp3) is 0.125. The summed E-state index contributed by atoms with van der Waals surface area (Å²) in [5.74, 6) is -0.634. The van der Waals surface area contributed by atoms with E-state index < -0.39 is 4.92 Å². The molecule has 1 amide bonds. The Morgan fingerprint density at radius 1 is 1.65 bits per heavy atom. The topological polar surface area (TPSA) is 119 Å². The van der Waals surface area contributed by atoms with Crippen LogP contribution in [0.5, 0.6) is 0 Å². The summed E-state index contributed by atoms with van der Waals surface area (Å²) in [5, 5.41) is 22.7. The lowest BCUT2D eigenvalue weighted by atomic mass is 10.5. The lowest BCUT2D eigenvalue weighted by molar-refractivity contribution is -0.389. The number of nitro groups is 1. The molecule has 0 aliphatic heterocycles. The molecule has 0 fully saturated rings. The SMILES string of the molecule is O=C(Cn1ccc([N+](=O)[O-])n1)Nc1cn[nH]c1. The summed E-state index contributed by atoms with van der Waals surface area (Å²) >= 11 is 0. The van der Waals surface area contributed by atoms with Crippen LogP contribution >= 0.6 is 0 Å². The van der Waals surface area contributed by atoms with Crippen LogP contribution in [0.15, 0.2) is 24.7 Å². The number of carbonyl (C=O) groups is 1. The summed E-state index contributed by atoms with van der Waals surface area (Å²) < 4.78 is 1.19.